The summed E-state index contributed by atoms with van der Waals surface area (Å²) >= 11 is 6.17. The van der Waals surface area contributed by atoms with Gasteiger partial charge in [-0.2, -0.15) is 5.10 Å². The van der Waals surface area contributed by atoms with E-state index in [1.165, 1.54) is 0 Å². The van der Waals surface area contributed by atoms with Crippen LogP contribution >= 0.6 is 11.6 Å². The quantitative estimate of drug-likeness (QED) is 0.629. The van der Waals surface area contributed by atoms with Crippen LogP contribution in [0.2, 0.25) is 5.02 Å². The largest absolute Gasteiger partial charge is 0.487 e. The van der Waals surface area contributed by atoms with Crippen molar-refractivity contribution < 1.29 is 9.53 Å². The molecule has 1 amide bonds. The van der Waals surface area contributed by atoms with E-state index in [2.05, 4.69) is 10.4 Å². The maximum atomic E-state index is 12.5. The summed E-state index contributed by atoms with van der Waals surface area (Å²) in [6, 6.07) is 13.1. The number of benzene rings is 2. The molecule has 0 aliphatic carbocycles. The minimum absolute atomic E-state index is 0.126. The number of hydrogen-bond acceptors (Lipinski definition) is 3. The Morgan fingerprint density at radius 1 is 1.21 bits per heavy atom. The lowest BCUT2D eigenvalue weighted by Gasteiger charge is -2.10. The number of carbonyl (C=O) groups is 1. The molecule has 28 heavy (non-hydrogen) atoms. The van der Waals surface area contributed by atoms with Gasteiger partial charge in [0.25, 0.3) is 5.91 Å². The number of carbonyl (C=O) groups excluding carboxylic acids is 1. The van der Waals surface area contributed by atoms with Crippen LogP contribution in [-0.2, 0) is 19.7 Å². The van der Waals surface area contributed by atoms with E-state index >= 15 is 0 Å². The molecule has 6 heteroatoms. The second kappa shape index (κ2) is 8.93. The highest BCUT2D eigenvalue weighted by Gasteiger charge is 2.10. The zero-order valence-electron chi connectivity index (χ0n) is 16.3. The van der Waals surface area contributed by atoms with Gasteiger partial charge in [-0.15, -0.1) is 0 Å². The summed E-state index contributed by atoms with van der Waals surface area (Å²) in [5.41, 5.74) is 4.66. The van der Waals surface area contributed by atoms with Crippen molar-refractivity contribution in [1.82, 2.24) is 15.1 Å². The number of amides is 1. The van der Waals surface area contributed by atoms with Gasteiger partial charge in [-0.25, -0.2) is 0 Å². The average Bonchev–Trinajstić information content (AvgIpc) is 3.06. The van der Waals surface area contributed by atoms with Crippen molar-refractivity contribution in [2.75, 3.05) is 0 Å². The van der Waals surface area contributed by atoms with Crippen molar-refractivity contribution in [2.24, 2.45) is 0 Å². The Bertz CT molecular complexity index is 982. The van der Waals surface area contributed by atoms with Gasteiger partial charge in [0.05, 0.1) is 11.2 Å². The normalized spacial score (nSPS) is 10.7. The summed E-state index contributed by atoms with van der Waals surface area (Å²) in [7, 11) is 0. The molecule has 0 unspecified atom stereocenters. The third-order valence-corrected chi connectivity index (χ3v) is 4.93. The molecule has 0 radical (unpaired) electrons. The summed E-state index contributed by atoms with van der Waals surface area (Å²) in [6.07, 6.45) is 1.80. The lowest BCUT2D eigenvalue weighted by Crippen LogP contribution is -2.23. The molecule has 5 nitrogen and oxygen atoms in total. The lowest BCUT2D eigenvalue weighted by atomic mass is 10.1. The zero-order chi connectivity index (χ0) is 20.1. The Kier molecular flexibility index (Phi) is 6.37. The molecule has 1 N–H and O–H groups in total. The fraction of sp³-hybridized carbons (Fsp3) is 0.273. The Morgan fingerprint density at radius 2 is 2.04 bits per heavy atom. The van der Waals surface area contributed by atoms with E-state index in [0.29, 0.717) is 29.5 Å². The highest BCUT2D eigenvalue weighted by atomic mass is 35.5. The van der Waals surface area contributed by atoms with E-state index in [1.807, 2.05) is 61.9 Å². The molecule has 0 saturated heterocycles. The summed E-state index contributed by atoms with van der Waals surface area (Å²) in [5, 5.41) is 7.83. The first-order valence-corrected chi connectivity index (χ1v) is 9.63. The first-order valence-electron chi connectivity index (χ1n) is 9.25. The fourth-order valence-electron chi connectivity index (χ4n) is 2.94. The standard InChI is InChI=1S/C22H24ClN3O2/c1-4-26-16(3)19(13-25-26)12-24-22(27)18-7-5-6-17(11-18)14-28-21-10-15(2)8-9-20(21)23/h5-11,13H,4,12,14H2,1-3H3,(H,24,27). The van der Waals surface area contributed by atoms with Crippen LogP contribution in [0.4, 0.5) is 0 Å². The summed E-state index contributed by atoms with van der Waals surface area (Å²) in [6.45, 7) is 7.63. The van der Waals surface area contributed by atoms with Crippen LogP contribution in [0.25, 0.3) is 0 Å². The third kappa shape index (κ3) is 4.73. The predicted molar refractivity (Wildman–Crippen MR) is 111 cm³/mol. The van der Waals surface area contributed by atoms with Gasteiger partial charge in [-0.3, -0.25) is 9.48 Å². The lowest BCUT2D eigenvalue weighted by molar-refractivity contribution is 0.0950. The molecule has 1 aromatic heterocycles. The Balaban J connectivity index is 1.62. The number of nitrogens with one attached hydrogen (secondary N) is 1. The number of nitrogens with zero attached hydrogens (tertiary/aromatic N) is 2. The SMILES string of the molecule is CCn1ncc(CNC(=O)c2cccc(COc3cc(C)ccc3Cl)c2)c1C. The van der Waals surface area contributed by atoms with Gasteiger partial charge < -0.3 is 10.1 Å². The zero-order valence-corrected chi connectivity index (χ0v) is 17.1. The summed E-state index contributed by atoms with van der Waals surface area (Å²) in [4.78, 5) is 12.5. The second-order valence-electron chi connectivity index (χ2n) is 6.68. The van der Waals surface area contributed by atoms with Crippen LogP contribution in [0.15, 0.2) is 48.7 Å². The monoisotopic (exact) mass is 397 g/mol. The number of hydrogen-bond donors (Lipinski definition) is 1. The molecule has 0 fully saturated rings. The molecule has 146 valence electrons. The molecule has 0 bridgehead atoms. The van der Waals surface area contributed by atoms with E-state index in [1.54, 1.807) is 12.3 Å². The molecule has 0 aliphatic rings. The maximum absolute atomic E-state index is 12.5. The van der Waals surface area contributed by atoms with Gasteiger partial charge in [-0.05, 0) is 56.2 Å². The molecular formula is C22H24ClN3O2. The van der Waals surface area contributed by atoms with Gasteiger partial charge in [0.1, 0.15) is 12.4 Å². The average molecular weight is 398 g/mol. The van der Waals surface area contributed by atoms with E-state index in [0.717, 1.165) is 28.9 Å². The van der Waals surface area contributed by atoms with Crippen molar-refractivity contribution in [3.05, 3.63) is 81.6 Å². The molecule has 0 saturated carbocycles. The molecule has 1 heterocycles. The van der Waals surface area contributed by atoms with Crippen LogP contribution in [0, 0.1) is 13.8 Å². The van der Waals surface area contributed by atoms with Crippen molar-refractivity contribution >= 4 is 17.5 Å². The number of rotatable bonds is 7. The van der Waals surface area contributed by atoms with Crippen LogP contribution < -0.4 is 10.1 Å². The second-order valence-corrected chi connectivity index (χ2v) is 7.08. The maximum Gasteiger partial charge on any atom is 0.251 e. The van der Waals surface area contributed by atoms with Crippen molar-refractivity contribution in [3.63, 3.8) is 0 Å². The highest BCUT2D eigenvalue weighted by Crippen LogP contribution is 2.26. The minimum atomic E-state index is -0.126. The van der Waals surface area contributed by atoms with Gasteiger partial charge in [0, 0.05) is 29.9 Å². The minimum Gasteiger partial charge on any atom is -0.487 e. The molecule has 0 atom stereocenters. The van der Waals surface area contributed by atoms with E-state index < -0.39 is 0 Å². The van der Waals surface area contributed by atoms with E-state index in [4.69, 9.17) is 16.3 Å². The summed E-state index contributed by atoms with van der Waals surface area (Å²) < 4.78 is 7.74. The van der Waals surface area contributed by atoms with E-state index in [-0.39, 0.29) is 5.91 Å². The van der Waals surface area contributed by atoms with Crippen LogP contribution in [0.3, 0.4) is 0 Å². The highest BCUT2D eigenvalue weighted by molar-refractivity contribution is 6.32. The van der Waals surface area contributed by atoms with Crippen molar-refractivity contribution in [3.8, 4) is 5.75 Å². The summed E-state index contributed by atoms with van der Waals surface area (Å²) in [5.74, 6) is 0.513. The van der Waals surface area contributed by atoms with Gasteiger partial charge >= 0.3 is 0 Å². The van der Waals surface area contributed by atoms with Crippen LogP contribution in [0.1, 0.15) is 39.7 Å². The first kappa shape index (κ1) is 20.0. The molecule has 0 spiro atoms. The van der Waals surface area contributed by atoms with Gasteiger partial charge in [-0.1, -0.05) is 29.8 Å². The molecular weight excluding hydrogens is 374 g/mol. The predicted octanol–water partition coefficient (Wildman–Crippen LogP) is 4.68. The molecule has 3 aromatic rings. The van der Waals surface area contributed by atoms with Gasteiger partial charge in [0.2, 0.25) is 0 Å². The van der Waals surface area contributed by atoms with Crippen molar-refractivity contribution in [1.29, 1.82) is 0 Å². The Morgan fingerprint density at radius 3 is 2.79 bits per heavy atom. The molecule has 0 aliphatic heterocycles. The van der Waals surface area contributed by atoms with E-state index in [9.17, 15) is 4.79 Å². The Hall–Kier alpha value is -2.79. The van der Waals surface area contributed by atoms with Crippen LogP contribution in [0.5, 0.6) is 5.75 Å². The number of ether oxygens (including phenoxy) is 1. The topological polar surface area (TPSA) is 56.2 Å². The number of aromatic nitrogens is 2. The molecule has 3 rings (SSSR count). The molecule has 2 aromatic carbocycles. The fourth-order valence-corrected chi connectivity index (χ4v) is 3.11. The van der Waals surface area contributed by atoms with Crippen LogP contribution in [-0.4, -0.2) is 15.7 Å². The number of aryl methyl sites for hydroxylation is 2. The number of halogens is 1. The third-order valence-electron chi connectivity index (χ3n) is 4.61. The smallest absolute Gasteiger partial charge is 0.251 e. The Labute approximate surface area is 170 Å². The first-order chi connectivity index (χ1) is 13.5. The van der Waals surface area contributed by atoms with Gasteiger partial charge in [0.15, 0.2) is 0 Å². The van der Waals surface area contributed by atoms with Crippen molar-refractivity contribution in [2.45, 2.75) is 40.5 Å².